The fourth-order valence-corrected chi connectivity index (χ4v) is 5.29. The van der Waals surface area contributed by atoms with Crippen LogP contribution in [0.3, 0.4) is 0 Å². The third-order valence-corrected chi connectivity index (χ3v) is 7.31. The second-order valence-corrected chi connectivity index (χ2v) is 9.48. The van der Waals surface area contributed by atoms with Gasteiger partial charge >= 0.3 is 0 Å². The number of ether oxygens (including phenoxy) is 1. The Labute approximate surface area is 194 Å². The fraction of sp³-hybridized carbons (Fsp3) is 0.346. The molecule has 2 aliphatic rings. The first-order valence-corrected chi connectivity index (χ1v) is 11.8. The second kappa shape index (κ2) is 8.85. The summed E-state index contributed by atoms with van der Waals surface area (Å²) in [7, 11) is 0. The average molecular weight is 451 g/mol. The van der Waals surface area contributed by atoms with E-state index in [1.165, 1.54) is 22.4 Å². The summed E-state index contributed by atoms with van der Waals surface area (Å²) in [5.74, 6) is 0. The van der Waals surface area contributed by atoms with Crippen molar-refractivity contribution in [1.82, 2.24) is 4.98 Å². The van der Waals surface area contributed by atoms with Gasteiger partial charge in [0, 0.05) is 45.5 Å². The predicted octanol–water partition coefficient (Wildman–Crippen LogP) is 6.50. The molecule has 0 N–H and O–H groups in total. The zero-order valence-corrected chi connectivity index (χ0v) is 19.4. The summed E-state index contributed by atoms with van der Waals surface area (Å²) in [4.78, 5) is 7.92. The van der Waals surface area contributed by atoms with E-state index in [1.54, 1.807) is 0 Å². The highest BCUT2D eigenvalue weighted by Gasteiger charge is 2.37. The van der Waals surface area contributed by atoms with Crippen LogP contribution in [0.15, 0.2) is 59.6 Å². The molecule has 3 aromatic rings. The minimum absolute atomic E-state index is 0.329. The van der Waals surface area contributed by atoms with Crippen molar-refractivity contribution in [1.29, 1.82) is 0 Å². The topological polar surface area (TPSA) is 25.4 Å². The number of aryl methyl sites for hydroxylation is 2. The molecule has 0 spiro atoms. The summed E-state index contributed by atoms with van der Waals surface area (Å²) in [6.07, 6.45) is 6.54. The van der Waals surface area contributed by atoms with E-state index < -0.39 is 0 Å². The van der Waals surface area contributed by atoms with Crippen molar-refractivity contribution in [2.45, 2.75) is 56.3 Å². The number of thiol groups is 1. The second-order valence-electron chi connectivity index (χ2n) is 8.59. The van der Waals surface area contributed by atoms with E-state index >= 15 is 0 Å². The molecule has 0 unspecified atom stereocenters. The van der Waals surface area contributed by atoms with Crippen LogP contribution >= 0.6 is 24.2 Å². The van der Waals surface area contributed by atoms with Gasteiger partial charge in [-0.25, -0.2) is 0 Å². The Hall–Kier alpha value is -2.01. The number of nitrogens with zero attached hydrogens (tertiary/aromatic N) is 2. The number of fused-ring (bicyclic) bond motifs is 1. The van der Waals surface area contributed by atoms with Crippen molar-refractivity contribution in [3.8, 4) is 11.1 Å². The third-order valence-electron chi connectivity index (χ3n) is 6.52. The zero-order valence-electron chi connectivity index (χ0n) is 17.7. The molecule has 0 atom stereocenters. The van der Waals surface area contributed by atoms with Crippen molar-refractivity contribution in [2.75, 3.05) is 11.4 Å². The van der Waals surface area contributed by atoms with E-state index in [0.29, 0.717) is 18.8 Å². The van der Waals surface area contributed by atoms with E-state index in [4.69, 9.17) is 29.0 Å². The van der Waals surface area contributed by atoms with Gasteiger partial charge in [0.05, 0.1) is 18.4 Å². The van der Waals surface area contributed by atoms with Gasteiger partial charge in [-0.05, 0) is 61.9 Å². The Morgan fingerprint density at radius 3 is 2.74 bits per heavy atom. The number of halogens is 1. The molecular formula is C26H27ClN2OS. The molecule has 1 fully saturated rings. The molecule has 0 saturated heterocycles. The molecule has 1 aliphatic heterocycles. The van der Waals surface area contributed by atoms with Gasteiger partial charge in [-0.3, -0.25) is 4.98 Å². The maximum absolute atomic E-state index is 6.54. The predicted molar refractivity (Wildman–Crippen MR) is 130 cm³/mol. The molecule has 160 valence electrons. The normalized spacial score (nSPS) is 20.3. The highest BCUT2D eigenvalue weighted by molar-refractivity contribution is 7.80. The van der Waals surface area contributed by atoms with Gasteiger partial charge in [-0.2, -0.15) is 0 Å². The summed E-state index contributed by atoms with van der Waals surface area (Å²) in [6.45, 7) is 3.76. The molecule has 5 heteroatoms. The highest BCUT2D eigenvalue weighted by Crippen LogP contribution is 2.45. The molecule has 1 aliphatic carbocycles. The van der Waals surface area contributed by atoms with Crippen molar-refractivity contribution in [3.05, 3.63) is 76.6 Å². The summed E-state index contributed by atoms with van der Waals surface area (Å²) in [5, 5.41) is 0.787. The van der Waals surface area contributed by atoms with E-state index in [9.17, 15) is 0 Å². The zero-order chi connectivity index (χ0) is 21.4. The molecule has 2 aromatic carbocycles. The minimum Gasteiger partial charge on any atom is -0.373 e. The van der Waals surface area contributed by atoms with Crippen LogP contribution in [0.2, 0.25) is 5.02 Å². The summed E-state index contributed by atoms with van der Waals surface area (Å²) in [6, 6.07) is 17.2. The molecule has 0 radical (unpaired) electrons. The number of aromatic nitrogens is 1. The van der Waals surface area contributed by atoms with Gasteiger partial charge < -0.3 is 9.64 Å². The smallest absolute Gasteiger partial charge is 0.0720 e. The lowest BCUT2D eigenvalue weighted by atomic mass is 9.84. The largest absolute Gasteiger partial charge is 0.373 e. The van der Waals surface area contributed by atoms with Crippen LogP contribution in [0.1, 0.15) is 36.1 Å². The van der Waals surface area contributed by atoms with Crippen LogP contribution in [-0.2, 0) is 17.8 Å². The molecule has 2 heterocycles. The van der Waals surface area contributed by atoms with Gasteiger partial charge in [0.25, 0.3) is 0 Å². The van der Waals surface area contributed by atoms with Crippen molar-refractivity contribution in [3.63, 3.8) is 0 Å². The van der Waals surface area contributed by atoms with Gasteiger partial charge in [0.15, 0.2) is 0 Å². The summed E-state index contributed by atoms with van der Waals surface area (Å²) < 4.78 is 6.17. The monoisotopic (exact) mass is 450 g/mol. The maximum atomic E-state index is 6.54. The quantitative estimate of drug-likeness (QED) is 0.449. The van der Waals surface area contributed by atoms with Crippen molar-refractivity contribution in [2.24, 2.45) is 0 Å². The number of anilines is 1. The molecule has 5 rings (SSSR count). The van der Waals surface area contributed by atoms with Gasteiger partial charge in [0.1, 0.15) is 0 Å². The molecule has 31 heavy (non-hydrogen) atoms. The molecule has 1 aromatic heterocycles. The van der Waals surface area contributed by atoms with Crippen LogP contribution in [0.25, 0.3) is 11.1 Å². The highest BCUT2D eigenvalue weighted by atomic mass is 35.5. The Bertz CT molecular complexity index is 1080. The third kappa shape index (κ3) is 4.21. The van der Waals surface area contributed by atoms with Crippen LogP contribution in [0.4, 0.5) is 5.69 Å². The standard InChI is InChI=1S/C26H27ClN2OS/c1-17-26(31)23(9-10-28-17)24-13-20(27)12-19-8-5-11-29(25(19)24)21-14-22(15-21)30-16-18-6-3-2-4-7-18/h2-4,6-7,9-10,12-13,21-22,31H,5,8,11,14-16H2,1H3. The lowest BCUT2D eigenvalue weighted by Gasteiger charge is -2.47. The number of pyridine rings is 1. The van der Waals surface area contributed by atoms with Gasteiger partial charge in [-0.1, -0.05) is 41.9 Å². The summed E-state index contributed by atoms with van der Waals surface area (Å²) in [5.41, 5.74) is 7.12. The van der Waals surface area contributed by atoms with Gasteiger partial charge in [0.2, 0.25) is 0 Å². The van der Waals surface area contributed by atoms with E-state index in [0.717, 1.165) is 53.4 Å². The van der Waals surface area contributed by atoms with Crippen LogP contribution in [0.5, 0.6) is 0 Å². The SMILES string of the molecule is Cc1nccc(-c2cc(Cl)cc3c2N(C2CC(OCc4ccccc4)C2)CCC3)c1S. The fourth-order valence-electron chi connectivity index (χ4n) is 4.80. The van der Waals surface area contributed by atoms with Gasteiger partial charge in [-0.15, -0.1) is 12.6 Å². The molecular weight excluding hydrogens is 424 g/mol. The first-order chi connectivity index (χ1) is 15.1. The van der Waals surface area contributed by atoms with Crippen molar-refractivity contribution < 1.29 is 4.74 Å². The first-order valence-electron chi connectivity index (χ1n) is 11.0. The molecule has 0 bridgehead atoms. The van der Waals surface area contributed by atoms with Crippen LogP contribution in [0, 0.1) is 6.92 Å². The lowest BCUT2D eigenvalue weighted by Crippen LogP contribution is -2.50. The number of rotatable bonds is 5. The molecule has 1 saturated carbocycles. The van der Waals surface area contributed by atoms with E-state index in [2.05, 4.69) is 52.3 Å². The minimum atomic E-state index is 0.329. The number of benzene rings is 2. The lowest BCUT2D eigenvalue weighted by molar-refractivity contribution is -0.0207. The van der Waals surface area contributed by atoms with Crippen LogP contribution in [-0.4, -0.2) is 23.7 Å². The Kier molecular flexibility index (Phi) is 5.96. The van der Waals surface area contributed by atoms with Crippen molar-refractivity contribution >= 4 is 29.9 Å². The molecule has 3 nitrogen and oxygen atoms in total. The van der Waals surface area contributed by atoms with Crippen LogP contribution < -0.4 is 4.90 Å². The first kappa shape index (κ1) is 20.9. The Balaban J connectivity index is 1.38. The molecule has 0 amide bonds. The average Bonchev–Trinajstić information content (AvgIpc) is 2.74. The summed E-state index contributed by atoms with van der Waals surface area (Å²) >= 11 is 11.3. The number of hydrogen-bond donors (Lipinski definition) is 1. The Morgan fingerprint density at radius 1 is 1.13 bits per heavy atom. The maximum Gasteiger partial charge on any atom is 0.0720 e. The van der Waals surface area contributed by atoms with E-state index in [-0.39, 0.29) is 0 Å². The number of hydrogen-bond acceptors (Lipinski definition) is 4. The Morgan fingerprint density at radius 2 is 1.94 bits per heavy atom. The van der Waals surface area contributed by atoms with E-state index in [1.807, 2.05) is 19.2 Å².